The van der Waals surface area contributed by atoms with Gasteiger partial charge in [-0.1, -0.05) is 18.2 Å². The zero-order valence-electron chi connectivity index (χ0n) is 11.7. The number of hydrogen-bond donors (Lipinski definition) is 1. The van der Waals surface area contributed by atoms with E-state index in [9.17, 15) is 8.42 Å². The van der Waals surface area contributed by atoms with Crippen LogP contribution in [0.5, 0.6) is 0 Å². The third-order valence-corrected chi connectivity index (χ3v) is 6.05. The van der Waals surface area contributed by atoms with Gasteiger partial charge in [0, 0.05) is 30.9 Å². The van der Waals surface area contributed by atoms with Crippen molar-refractivity contribution in [1.29, 1.82) is 0 Å². The minimum Gasteiger partial charge on any atom is -0.370 e. The topological polar surface area (TPSA) is 49.4 Å². The minimum atomic E-state index is -2.75. The van der Waals surface area contributed by atoms with Crippen LogP contribution in [-0.4, -0.2) is 45.1 Å². The summed E-state index contributed by atoms with van der Waals surface area (Å²) in [6.45, 7) is 2.10. The van der Waals surface area contributed by atoms with Crippen LogP contribution in [0.3, 0.4) is 0 Å². The molecule has 110 valence electrons. The molecule has 0 radical (unpaired) electrons. The van der Waals surface area contributed by atoms with Gasteiger partial charge < -0.3 is 10.2 Å². The first-order chi connectivity index (χ1) is 9.62. The maximum Gasteiger partial charge on any atom is 0.150 e. The predicted molar refractivity (Wildman–Crippen MR) is 81.9 cm³/mol. The van der Waals surface area contributed by atoms with E-state index in [2.05, 4.69) is 34.5 Å². The van der Waals surface area contributed by atoms with Crippen LogP contribution in [-0.2, 0) is 9.84 Å². The van der Waals surface area contributed by atoms with Gasteiger partial charge in [-0.05, 0) is 31.4 Å². The Hall–Kier alpha value is -1.07. The monoisotopic (exact) mass is 294 g/mol. The van der Waals surface area contributed by atoms with Crippen LogP contribution in [0, 0.1) is 0 Å². The normalized spacial score (nSPS) is 26.8. The highest BCUT2D eigenvalue weighted by molar-refractivity contribution is 7.91. The number of para-hydroxylation sites is 1. The number of sulfone groups is 1. The summed E-state index contributed by atoms with van der Waals surface area (Å²) in [6, 6.07) is 11.3. The van der Waals surface area contributed by atoms with Gasteiger partial charge in [-0.3, -0.25) is 0 Å². The standard InChI is InChI=1S/C15H22N2O2S/c18-20(19)10-7-13(8-11-20)16-14-6-9-17(12-14)15-4-2-1-3-5-15/h1-5,13-14,16H,6-12H2/t14-/m1/s1. The lowest BCUT2D eigenvalue weighted by molar-refractivity contribution is 0.414. The average molecular weight is 294 g/mol. The lowest BCUT2D eigenvalue weighted by Gasteiger charge is -2.27. The maximum absolute atomic E-state index is 11.4. The molecular weight excluding hydrogens is 272 g/mol. The van der Waals surface area contributed by atoms with E-state index in [0.717, 1.165) is 32.4 Å². The lowest BCUT2D eigenvalue weighted by atomic mass is 10.1. The quantitative estimate of drug-likeness (QED) is 0.916. The second-order valence-corrected chi connectivity index (χ2v) is 8.16. The Morgan fingerprint density at radius 3 is 2.40 bits per heavy atom. The van der Waals surface area contributed by atoms with Crippen LogP contribution in [0.2, 0.25) is 0 Å². The van der Waals surface area contributed by atoms with Crippen molar-refractivity contribution < 1.29 is 8.42 Å². The molecule has 0 bridgehead atoms. The van der Waals surface area contributed by atoms with Gasteiger partial charge in [0.15, 0.2) is 0 Å². The molecule has 4 nitrogen and oxygen atoms in total. The van der Waals surface area contributed by atoms with Crippen molar-refractivity contribution in [1.82, 2.24) is 5.32 Å². The van der Waals surface area contributed by atoms with Gasteiger partial charge in [-0.25, -0.2) is 8.42 Å². The molecule has 1 aromatic carbocycles. The third kappa shape index (κ3) is 3.33. The Morgan fingerprint density at radius 1 is 1.00 bits per heavy atom. The van der Waals surface area contributed by atoms with Crippen LogP contribution in [0.1, 0.15) is 19.3 Å². The highest BCUT2D eigenvalue weighted by Crippen LogP contribution is 2.21. The molecule has 2 saturated heterocycles. The largest absolute Gasteiger partial charge is 0.370 e. The van der Waals surface area contributed by atoms with Crippen LogP contribution in [0.25, 0.3) is 0 Å². The van der Waals surface area contributed by atoms with E-state index in [1.807, 2.05) is 6.07 Å². The molecule has 2 heterocycles. The van der Waals surface area contributed by atoms with Gasteiger partial charge in [0.05, 0.1) is 11.5 Å². The van der Waals surface area contributed by atoms with Crippen molar-refractivity contribution in [2.24, 2.45) is 0 Å². The Labute approximate surface area is 121 Å². The fourth-order valence-corrected chi connectivity index (χ4v) is 4.65. The zero-order chi connectivity index (χ0) is 14.0. The molecule has 0 spiro atoms. The smallest absolute Gasteiger partial charge is 0.150 e. The second-order valence-electron chi connectivity index (χ2n) is 5.86. The first kappa shape index (κ1) is 13.9. The number of nitrogens with zero attached hydrogens (tertiary/aromatic N) is 1. The van der Waals surface area contributed by atoms with E-state index >= 15 is 0 Å². The molecule has 3 rings (SSSR count). The summed E-state index contributed by atoms with van der Waals surface area (Å²) < 4.78 is 22.9. The third-order valence-electron chi connectivity index (χ3n) is 4.34. The Morgan fingerprint density at radius 2 is 1.70 bits per heavy atom. The summed E-state index contributed by atoms with van der Waals surface area (Å²) in [7, 11) is -2.75. The van der Waals surface area contributed by atoms with Gasteiger partial charge in [-0.2, -0.15) is 0 Å². The first-order valence-corrected chi connectivity index (χ1v) is 9.21. The van der Waals surface area contributed by atoms with Crippen LogP contribution in [0.15, 0.2) is 30.3 Å². The number of nitrogens with one attached hydrogen (secondary N) is 1. The molecule has 0 unspecified atom stereocenters. The molecular formula is C15H22N2O2S. The van der Waals surface area contributed by atoms with Gasteiger partial charge in [0.25, 0.3) is 0 Å². The number of hydrogen-bond acceptors (Lipinski definition) is 4. The van der Waals surface area contributed by atoms with Gasteiger partial charge in [0.1, 0.15) is 9.84 Å². The maximum atomic E-state index is 11.4. The average Bonchev–Trinajstić information content (AvgIpc) is 2.91. The molecule has 0 aliphatic carbocycles. The predicted octanol–water partition coefficient (Wildman–Crippen LogP) is 1.43. The zero-order valence-corrected chi connectivity index (χ0v) is 12.5. The number of rotatable bonds is 3. The van der Waals surface area contributed by atoms with Crippen molar-refractivity contribution in [2.75, 3.05) is 29.5 Å². The van der Waals surface area contributed by atoms with Crippen molar-refractivity contribution in [2.45, 2.75) is 31.3 Å². The minimum absolute atomic E-state index is 0.347. The Bertz CT molecular complexity index is 530. The van der Waals surface area contributed by atoms with E-state index in [1.165, 1.54) is 5.69 Å². The molecule has 2 aliphatic heterocycles. The SMILES string of the molecule is O=S1(=O)CCC(N[C@@H]2CCN(c3ccccc3)C2)CC1. The molecule has 5 heteroatoms. The molecule has 1 atom stereocenters. The summed E-state index contributed by atoms with van der Waals surface area (Å²) in [4.78, 5) is 2.40. The van der Waals surface area contributed by atoms with Crippen LogP contribution >= 0.6 is 0 Å². The molecule has 0 amide bonds. The molecule has 0 aromatic heterocycles. The molecule has 0 saturated carbocycles. The summed E-state index contributed by atoms with van der Waals surface area (Å²) in [5, 5.41) is 3.65. The van der Waals surface area contributed by atoms with Gasteiger partial charge in [0.2, 0.25) is 0 Å². The van der Waals surface area contributed by atoms with E-state index in [0.29, 0.717) is 23.6 Å². The van der Waals surface area contributed by atoms with E-state index in [-0.39, 0.29) is 0 Å². The van der Waals surface area contributed by atoms with Crippen molar-refractivity contribution >= 4 is 15.5 Å². The number of benzene rings is 1. The van der Waals surface area contributed by atoms with Crippen molar-refractivity contribution in [3.63, 3.8) is 0 Å². The molecule has 1 N–H and O–H groups in total. The van der Waals surface area contributed by atoms with E-state index in [1.54, 1.807) is 0 Å². The van der Waals surface area contributed by atoms with E-state index < -0.39 is 9.84 Å². The Balaban J connectivity index is 1.51. The summed E-state index contributed by atoms with van der Waals surface area (Å²) in [6.07, 6.45) is 2.67. The van der Waals surface area contributed by atoms with Gasteiger partial charge in [-0.15, -0.1) is 0 Å². The first-order valence-electron chi connectivity index (χ1n) is 7.39. The fourth-order valence-electron chi connectivity index (χ4n) is 3.16. The van der Waals surface area contributed by atoms with Crippen LogP contribution < -0.4 is 10.2 Å². The second kappa shape index (κ2) is 5.74. The van der Waals surface area contributed by atoms with Crippen molar-refractivity contribution in [3.05, 3.63) is 30.3 Å². The lowest BCUT2D eigenvalue weighted by Crippen LogP contribution is -2.44. The highest BCUT2D eigenvalue weighted by atomic mass is 32.2. The Kier molecular flexibility index (Phi) is 3.98. The molecule has 2 fully saturated rings. The summed E-state index contributed by atoms with van der Waals surface area (Å²) in [5.41, 5.74) is 1.28. The molecule has 20 heavy (non-hydrogen) atoms. The molecule has 2 aliphatic rings. The summed E-state index contributed by atoms with van der Waals surface area (Å²) in [5.74, 6) is 0.694. The van der Waals surface area contributed by atoms with Gasteiger partial charge >= 0.3 is 0 Å². The number of anilines is 1. The van der Waals surface area contributed by atoms with Crippen LogP contribution in [0.4, 0.5) is 5.69 Å². The highest BCUT2D eigenvalue weighted by Gasteiger charge is 2.28. The fraction of sp³-hybridized carbons (Fsp3) is 0.600. The van der Waals surface area contributed by atoms with E-state index in [4.69, 9.17) is 0 Å². The van der Waals surface area contributed by atoms with Crippen molar-refractivity contribution in [3.8, 4) is 0 Å². The summed E-state index contributed by atoms with van der Waals surface area (Å²) >= 11 is 0. The molecule has 1 aromatic rings.